The Labute approximate surface area is 125 Å². The van der Waals surface area contributed by atoms with Crippen molar-refractivity contribution >= 4 is 23.3 Å². The zero-order valence-corrected chi connectivity index (χ0v) is 11.5. The van der Waals surface area contributed by atoms with Gasteiger partial charge in [-0.25, -0.2) is 0 Å². The van der Waals surface area contributed by atoms with E-state index in [0.29, 0.717) is 5.56 Å². The highest BCUT2D eigenvalue weighted by atomic mass is 16.6. The number of anilines is 1. The van der Waals surface area contributed by atoms with Crippen LogP contribution in [0.5, 0.6) is 0 Å². The van der Waals surface area contributed by atoms with Crippen molar-refractivity contribution in [3.63, 3.8) is 0 Å². The molecule has 2 rings (SSSR count). The van der Waals surface area contributed by atoms with E-state index in [1.807, 2.05) is 0 Å². The second-order valence-corrected chi connectivity index (χ2v) is 4.55. The molecule has 0 aliphatic carbocycles. The predicted molar refractivity (Wildman–Crippen MR) is 76.6 cm³/mol. The summed E-state index contributed by atoms with van der Waals surface area (Å²) >= 11 is 0. The number of benzene rings is 2. The van der Waals surface area contributed by atoms with E-state index in [0.717, 1.165) is 0 Å². The van der Waals surface area contributed by atoms with Crippen molar-refractivity contribution in [3.05, 3.63) is 69.3 Å². The smallest absolute Gasteiger partial charge is 0.274 e. The molecule has 0 fully saturated rings. The van der Waals surface area contributed by atoms with Crippen LogP contribution in [0.2, 0.25) is 0 Å². The molecule has 0 atom stereocenters. The predicted octanol–water partition coefficient (Wildman–Crippen LogP) is 1.52. The van der Waals surface area contributed by atoms with Crippen LogP contribution in [0.15, 0.2) is 42.5 Å². The number of carboxylic acids is 1. The van der Waals surface area contributed by atoms with Crippen LogP contribution in [0.25, 0.3) is 0 Å². The number of hydrogen-bond donors (Lipinski definition) is 1. The number of nitrogens with one attached hydrogen (secondary N) is 1. The van der Waals surface area contributed by atoms with Gasteiger partial charge < -0.3 is 15.2 Å². The van der Waals surface area contributed by atoms with Gasteiger partial charge in [0, 0.05) is 28.4 Å². The van der Waals surface area contributed by atoms with Gasteiger partial charge in [-0.05, 0) is 19.1 Å². The lowest BCUT2D eigenvalue weighted by Gasteiger charge is -2.11. The van der Waals surface area contributed by atoms with Crippen molar-refractivity contribution in [2.75, 3.05) is 5.32 Å². The van der Waals surface area contributed by atoms with Crippen LogP contribution in [-0.4, -0.2) is 16.8 Å². The van der Waals surface area contributed by atoms with Crippen LogP contribution >= 0.6 is 0 Å². The van der Waals surface area contributed by atoms with Crippen LogP contribution in [0.4, 0.5) is 11.4 Å². The van der Waals surface area contributed by atoms with Crippen molar-refractivity contribution in [2.45, 2.75) is 6.92 Å². The zero-order valence-electron chi connectivity index (χ0n) is 11.5. The minimum absolute atomic E-state index is 0.0780. The lowest BCUT2D eigenvalue weighted by atomic mass is 10.1. The molecule has 0 saturated carbocycles. The van der Waals surface area contributed by atoms with Crippen LogP contribution in [0.3, 0.4) is 0 Å². The maximum atomic E-state index is 12.1. The van der Waals surface area contributed by atoms with Gasteiger partial charge in [0.2, 0.25) is 0 Å². The lowest BCUT2D eigenvalue weighted by molar-refractivity contribution is -0.385. The molecule has 1 N–H and O–H groups in total. The third kappa shape index (κ3) is 3.09. The Balaban J connectivity index is 2.32. The topological polar surface area (TPSA) is 112 Å². The maximum absolute atomic E-state index is 12.1. The number of nitrogens with zero attached hydrogens (tertiary/aromatic N) is 1. The highest BCUT2D eigenvalue weighted by Gasteiger charge is 2.15. The first-order valence-corrected chi connectivity index (χ1v) is 6.27. The fraction of sp³-hybridized carbons (Fsp3) is 0.0667. The Morgan fingerprint density at radius 2 is 1.73 bits per heavy atom. The molecular formula is C15H11N2O5-. The van der Waals surface area contributed by atoms with Gasteiger partial charge in [-0.15, -0.1) is 0 Å². The molecule has 0 bridgehead atoms. The minimum atomic E-state index is -1.47. The van der Waals surface area contributed by atoms with E-state index in [2.05, 4.69) is 5.32 Å². The lowest BCUT2D eigenvalue weighted by Crippen LogP contribution is -2.26. The summed E-state index contributed by atoms with van der Waals surface area (Å²) in [5.41, 5.74) is 0.201. The van der Waals surface area contributed by atoms with E-state index >= 15 is 0 Å². The summed E-state index contributed by atoms with van der Waals surface area (Å²) < 4.78 is 0. The molecule has 22 heavy (non-hydrogen) atoms. The monoisotopic (exact) mass is 299 g/mol. The van der Waals surface area contributed by atoms with Gasteiger partial charge >= 0.3 is 0 Å². The second kappa shape index (κ2) is 6.04. The third-order valence-corrected chi connectivity index (χ3v) is 3.06. The molecule has 1 amide bonds. The molecule has 2 aromatic rings. The number of amides is 1. The van der Waals surface area contributed by atoms with Crippen LogP contribution < -0.4 is 10.4 Å². The number of carboxylic acid groups (broad SMARTS) is 1. The molecule has 0 spiro atoms. The van der Waals surface area contributed by atoms with Crippen molar-refractivity contribution in [2.24, 2.45) is 0 Å². The summed E-state index contributed by atoms with van der Waals surface area (Å²) in [6, 6.07) is 9.79. The molecule has 0 unspecified atom stereocenters. The van der Waals surface area contributed by atoms with Crippen LogP contribution in [0.1, 0.15) is 26.3 Å². The molecule has 0 aliphatic heterocycles. The highest BCUT2D eigenvalue weighted by Crippen LogP contribution is 2.23. The van der Waals surface area contributed by atoms with Gasteiger partial charge in [-0.1, -0.05) is 24.3 Å². The molecule has 0 aliphatic rings. The number of hydrogen-bond acceptors (Lipinski definition) is 5. The Hall–Kier alpha value is -3.22. The largest absolute Gasteiger partial charge is 0.545 e. The Bertz CT molecular complexity index is 770. The van der Waals surface area contributed by atoms with E-state index in [1.165, 1.54) is 42.5 Å². The van der Waals surface area contributed by atoms with Gasteiger partial charge in [0.1, 0.15) is 0 Å². The number of nitro benzene ring substituents is 1. The number of nitro groups is 1. The summed E-state index contributed by atoms with van der Waals surface area (Å²) in [7, 11) is 0. The fourth-order valence-corrected chi connectivity index (χ4v) is 1.94. The average molecular weight is 299 g/mol. The number of rotatable bonds is 4. The summed E-state index contributed by atoms with van der Waals surface area (Å²) in [4.78, 5) is 33.4. The number of carbonyl (C=O) groups is 2. The SMILES string of the molecule is Cc1ccc(NC(=O)c2ccccc2C(=O)[O-])cc1[N+](=O)[O-]. The summed E-state index contributed by atoms with van der Waals surface area (Å²) in [5.74, 6) is -2.15. The second-order valence-electron chi connectivity index (χ2n) is 4.55. The zero-order chi connectivity index (χ0) is 16.3. The molecular weight excluding hydrogens is 288 g/mol. The van der Waals surface area contributed by atoms with E-state index in [9.17, 15) is 24.8 Å². The van der Waals surface area contributed by atoms with E-state index in [1.54, 1.807) is 6.92 Å². The number of aryl methyl sites for hydroxylation is 1. The van der Waals surface area contributed by atoms with Gasteiger partial charge in [-0.3, -0.25) is 14.9 Å². The van der Waals surface area contributed by atoms with Crippen molar-refractivity contribution in [1.29, 1.82) is 0 Å². The fourth-order valence-electron chi connectivity index (χ4n) is 1.94. The van der Waals surface area contributed by atoms with Crippen LogP contribution in [0, 0.1) is 17.0 Å². The molecule has 0 aromatic heterocycles. The van der Waals surface area contributed by atoms with Crippen molar-refractivity contribution in [3.8, 4) is 0 Å². The number of aromatic carboxylic acids is 1. The molecule has 7 nitrogen and oxygen atoms in total. The molecule has 112 valence electrons. The third-order valence-electron chi connectivity index (χ3n) is 3.06. The molecule has 0 heterocycles. The molecule has 0 radical (unpaired) electrons. The summed E-state index contributed by atoms with van der Waals surface area (Å²) in [6.45, 7) is 1.58. The quantitative estimate of drug-likeness (QED) is 0.679. The first-order chi connectivity index (χ1) is 10.4. The van der Waals surface area contributed by atoms with Crippen LogP contribution in [-0.2, 0) is 0 Å². The van der Waals surface area contributed by atoms with Gasteiger partial charge in [0.05, 0.1) is 10.9 Å². The van der Waals surface area contributed by atoms with E-state index < -0.39 is 16.8 Å². The maximum Gasteiger partial charge on any atom is 0.274 e. The summed E-state index contributed by atoms with van der Waals surface area (Å²) in [5, 5.41) is 24.3. The van der Waals surface area contributed by atoms with E-state index in [4.69, 9.17) is 0 Å². The first kappa shape index (κ1) is 15.2. The van der Waals surface area contributed by atoms with Crippen molar-refractivity contribution in [1.82, 2.24) is 0 Å². The van der Waals surface area contributed by atoms with Gasteiger partial charge in [-0.2, -0.15) is 0 Å². The summed E-state index contributed by atoms with van der Waals surface area (Å²) in [6.07, 6.45) is 0. The Kier molecular flexibility index (Phi) is 4.17. The standard InChI is InChI=1S/C15H12N2O5/c1-9-6-7-10(8-13(9)17(21)22)16-14(18)11-4-2-3-5-12(11)15(19)20/h2-8H,1H3,(H,16,18)(H,19,20)/p-1. The average Bonchev–Trinajstić information content (AvgIpc) is 2.48. The van der Waals surface area contributed by atoms with Crippen molar-refractivity contribution < 1.29 is 19.6 Å². The van der Waals surface area contributed by atoms with Gasteiger partial charge in [0.15, 0.2) is 0 Å². The molecule has 7 heteroatoms. The van der Waals surface area contributed by atoms with E-state index in [-0.39, 0.29) is 22.5 Å². The highest BCUT2D eigenvalue weighted by molar-refractivity contribution is 6.10. The normalized spacial score (nSPS) is 10.0. The number of carbonyl (C=O) groups excluding carboxylic acids is 2. The molecule has 2 aromatic carbocycles. The minimum Gasteiger partial charge on any atom is -0.545 e. The first-order valence-electron chi connectivity index (χ1n) is 6.27. The molecule has 0 saturated heterocycles. The Morgan fingerprint density at radius 1 is 1.09 bits per heavy atom. The Morgan fingerprint density at radius 3 is 2.32 bits per heavy atom. The van der Waals surface area contributed by atoms with Gasteiger partial charge in [0.25, 0.3) is 11.6 Å².